The van der Waals surface area contributed by atoms with E-state index in [9.17, 15) is 5.11 Å². The molecule has 3 atom stereocenters. The van der Waals surface area contributed by atoms with Gasteiger partial charge in [-0.3, -0.25) is 4.99 Å². The molecule has 0 spiro atoms. The topological polar surface area (TPSA) is 82.4 Å². The van der Waals surface area contributed by atoms with Crippen LogP contribution in [-0.2, 0) is 0 Å². The van der Waals surface area contributed by atoms with E-state index in [1.807, 2.05) is 19.1 Å². The summed E-state index contributed by atoms with van der Waals surface area (Å²) in [4.78, 5) is 9.49. The fourth-order valence-corrected chi connectivity index (χ4v) is 4.46. The van der Waals surface area contributed by atoms with Crippen molar-refractivity contribution in [3.8, 4) is 23.1 Å². The van der Waals surface area contributed by atoms with E-state index >= 15 is 0 Å². The predicted octanol–water partition coefficient (Wildman–Crippen LogP) is 3.35. The first-order valence-electron chi connectivity index (χ1n) is 10.3. The molecule has 7 heteroatoms. The largest absolute Gasteiger partial charge is 0.496 e. The molecule has 2 heterocycles. The minimum Gasteiger partial charge on any atom is -0.496 e. The smallest absolute Gasteiger partial charge is 0.216 e. The van der Waals surface area contributed by atoms with Gasteiger partial charge in [-0.2, -0.15) is 0 Å². The summed E-state index contributed by atoms with van der Waals surface area (Å²) in [6.07, 6.45) is 3.69. The second kappa shape index (κ2) is 8.52. The van der Waals surface area contributed by atoms with Crippen molar-refractivity contribution in [3.05, 3.63) is 41.1 Å². The average Bonchev–Trinajstić information content (AvgIpc) is 2.78. The Kier molecular flexibility index (Phi) is 5.81. The molecule has 0 amide bonds. The van der Waals surface area contributed by atoms with Crippen molar-refractivity contribution in [2.45, 2.75) is 44.2 Å². The maximum atomic E-state index is 10.3. The number of ether oxygens (including phenoxy) is 4. The second-order valence-electron chi connectivity index (χ2n) is 7.57. The van der Waals surface area contributed by atoms with Crippen LogP contribution in [0.2, 0.25) is 0 Å². The molecule has 1 fully saturated rings. The number of hydrogen-bond donors (Lipinski definition) is 1. The number of pyridine rings is 1. The Bertz CT molecular complexity index is 959. The highest BCUT2D eigenvalue weighted by Gasteiger charge is 2.38. The Balaban J connectivity index is 1.91. The number of nitrogens with zero attached hydrogens (tertiary/aromatic N) is 2. The minimum absolute atomic E-state index is 0.0885. The summed E-state index contributed by atoms with van der Waals surface area (Å²) in [5.74, 6) is 2.62. The van der Waals surface area contributed by atoms with Crippen molar-refractivity contribution in [2.75, 3.05) is 27.9 Å². The first-order chi connectivity index (χ1) is 14.6. The summed E-state index contributed by atoms with van der Waals surface area (Å²) in [6.45, 7) is 2.50. The Morgan fingerprint density at radius 3 is 2.47 bits per heavy atom. The third kappa shape index (κ3) is 3.58. The first-order valence-corrected chi connectivity index (χ1v) is 10.3. The van der Waals surface area contributed by atoms with E-state index in [1.54, 1.807) is 33.6 Å². The Labute approximate surface area is 176 Å². The van der Waals surface area contributed by atoms with Crippen molar-refractivity contribution >= 4 is 5.71 Å². The van der Waals surface area contributed by atoms with E-state index in [0.717, 1.165) is 35.2 Å². The molecule has 30 heavy (non-hydrogen) atoms. The van der Waals surface area contributed by atoms with Gasteiger partial charge in [0, 0.05) is 23.7 Å². The zero-order valence-corrected chi connectivity index (χ0v) is 17.8. The number of aliphatic hydroxyl groups is 1. The molecular weight excluding hydrogens is 384 g/mol. The van der Waals surface area contributed by atoms with Crippen LogP contribution in [0.15, 0.2) is 29.4 Å². The van der Waals surface area contributed by atoms with E-state index in [4.69, 9.17) is 23.9 Å². The first kappa shape index (κ1) is 20.5. The lowest BCUT2D eigenvalue weighted by Crippen LogP contribution is -2.34. The monoisotopic (exact) mass is 412 g/mol. The molecule has 160 valence electrons. The molecule has 2 aromatic rings. The molecule has 1 N–H and O–H groups in total. The summed E-state index contributed by atoms with van der Waals surface area (Å²) >= 11 is 0. The number of hydrogen-bond acceptors (Lipinski definition) is 7. The van der Waals surface area contributed by atoms with Crippen LogP contribution in [0.25, 0.3) is 0 Å². The molecule has 0 unspecified atom stereocenters. The number of fused-ring (bicyclic) bond motifs is 3. The molecular formula is C23H28N2O5. The SMILES string of the molecule is CCOc1cc2c(cc1OC)C(c1cnc(OC)cc1OC)=N[C@@H]1CC[C@@H](O)C[C@H]21. The third-order valence-electron chi connectivity index (χ3n) is 5.90. The number of benzene rings is 1. The molecule has 4 rings (SSSR count). The van der Waals surface area contributed by atoms with Gasteiger partial charge in [-0.05, 0) is 43.9 Å². The van der Waals surface area contributed by atoms with Gasteiger partial charge in [-0.15, -0.1) is 0 Å². The quantitative estimate of drug-likeness (QED) is 0.784. The average molecular weight is 412 g/mol. The maximum absolute atomic E-state index is 10.3. The number of aromatic nitrogens is 1. The summed E-state index contributed by atoms with van der Waals surface area (Å²) in [7, 11) is 4.83. The van der Waals surface area contributed by atoms with Gasteiger partial charge < -0.3 is 24.1 Å². The fraction of sp³-hybridized carbons (Fsp3) is 0.478. The van der Waals surface area contributed by atoms with Crippen LogP contribution < -0.4 is 18.9 Å². The van der Waals surface area contributed by atoms with Crippen LogP contribution in [0.3, 0.4) is 0 Å². The zero-order chi connectivity index (χ0) is 21.3. The van der Waals surface area contributed by atoms with Gasteiger partial charge in [0.05, 0.1) is 51.4 Å². The summed E-state index contributed by atoms with van der Waals surface area (Å²) in [6, 6.07) is 5.87. The highest BCUT2D eigenvalue weighted by atomic mass is 16.5. The molecule has 2 aliphatic rings. The molecule has 1 aromatic heterocycles. The molecule has 0 saturated heterocycles. The predicted molar refractivity (Wildman–Crippen MR) is 114 cm³/mol. The summed E-state index contributed by atoms with van der Waals surface area (Å²) < 4.78 is 22.3. The number of methoxy groups -OCH3 is 3. The maximum Gasteiger partial charge on any atom is 0.216 e. The van der Waals surface area contributed by atoms with Crippen molar-refractivity contribution in [3.63, 3.8) is 0 Å². The van der Waals surface area contributed by atoms with Crippen LogP contribution in [-0.4, -0.2) is 55.9 Å². The van der Waals surface area contributed by atoms with Gasteiger partial charge in [0.1, 0.15) is 5.75 Å². The number of aliphatic hydroxyl groups excluding tert-OH is 1. The third-order valence-corrected chi connectivity index (χ3v) is 5.90. The van der Waals surface area contributed by atoms with Gasteiger partial charge in [-0.25, -0.2) is 4.98 Å². The lowest BCUT2D eigenvalue weighted by atomic mass is 9.74. The number of rotatable bonds is 6. The molecule has 0 bridgehead atoms. The Morgan fingerprint density at radius 1 is 0.967 bits per heavy atom. The van der Waals surface area contributed by atoms with E-state index in [-0.39, 0.29) is 18.1 Å². The molecule has 7 nitrogen and oxygen atoms in total. The van der Waals surface area contributed by atoms with E-state index in [1.165, 1.54) is 0 Å². The molecule has 0 radical (unpaired) electrons. The standard InChI is InChI=1S/C23H28N2O5/c1-5-30-21-9-14-15-8-13(26)6-7-18(15)25-23(16(14)10-20(21)28-3)17-12-24-22(29-4)11-19(17)27-2/h9-13,15,18,26H,5-8H2,1-4H3/t13-,15-,18-/m1/s1. The van der Waals surface area contributed by atoms with E-state index in [2.05, 4.69) is 4.98 Å². The van der Waals surface area contributed by atoms with Gasteiger partial charge >= 0.3 is 0 Å². The highest BCUT2D eigenvalue weighted by Crippen LogP contribution is 2.45. The molecule has 1 aromatic carbocycles. The van der Waals surface area contributed by atoms with Crippen molar-refractivity contribution in [1.29, 1.82) is 0 Å². The fourth-order valence-electron chi connectivity index (χ4n) is 4.46. The van der Waals surface area contributed by atoms with Crippen molar-refractivity contribution < 1.29 is 24.1 Å². The highest BCUT2D eigenvalue weighted by molar-refractivity contribution is 6.16. The van der Waals surface area contributed by atoms with Gasteiger partial charge in [0.2, 0.25) is 5.88 Å². The summed E-state index contributed by atoms with van der Waals surface area (Å²) in [5.41, 5.74) is 3.69. The molecule has 1 aliphatic carbocycles. The van der Waals surface area contributed by atoms with Crippen LogP contribution in [0.4, 0.5) is 0 Å². The molecule has 1 saturated carbocycles. The normalized spacial score (nSPS) is 22.4. The van der Waals surface area contributed by atoms with Gasteiger partial charge in [0.25, 0.3) is 0 Å². The van der Waals surface area contributed by atoms with Crippen LogP contribution >= 0.6 is 0 Å². The lowest BCUT2D eigenvalue weighted by molar-refractivity contribution is 0.111. The van der Waals surface area contributed by atoms with E-state index in [0.29, 0.717) is 36.2 Å². The minimum atomic E-state index is -0.314. The number of aliphatic imine (C=N–C) groups is 1. The van der Waals surface area contributed by atoms with Gasteiger partial charge in [0.15, 0.2) is 11.5 Å². The van der Waals surface area contributed by atoms with Crippen LogP contribution in [0.1, 0.15) is 48.8 Å². The second-order valence-corrected chi connectivity index (χ2v) is 7.57. The lowest BCUT2D eigenvalue weighted by Gasteiger charge is -2.37. The van der Waals surface area contributed by atoms with Gasteiger partial charge in [-0.1, -0.05) is 0 Å². The van der Waals surface area contributed by atoms with E-state index < -0.39 is 0 Å². The van der Waals surface area contributed by atoms with Crippen LogP contribution in [0, 0.1) is 0 Å². The Morgan fingerprint density at radius 2 is 1.77 bits per heavy atom. The summed E-state index contributed by atoms with van der Waals surface area (Å²) in [5, 5.41) is 10.3. The van der Waals surface area contributed by atoms with Crippen molar-refractivity contribution in [1.82, 2.24) is 4.98 Å². The molecule has 1 aliphatic heterocycles. The Hall–Kier alpha value is -2.80. The van der Waals surface area contributed by atoms with Crippen molar-refractivity contribution in [2.24, 2.45) is 4.99 Å². The zero-order valence-electron chi connectivity index (χ0n) is 17.8. The van der Waals surface area contributed by atoms with Crippen LogP contribution in [0.5, 0.6) is 23.1 Å².